The van der Waals surface area contributed by atoms with Gasteiger partial charge in [-0.2, -0.15) is 0 Å². The van der Waals surface area contributed by atoms with Crippen LogP contribution in [-0.2, 0) is 6.42 Å². The van der Waals surface area contributed by atoms with Crippen LogP contribution in [0.1, 0.15) is 17.3 Å². The molecule has 17 heavy (non-hydrogen) atoms. The number of nitrogens with zero attached hydrogens (tertiary/aromatic N) is 1. The third kappa shape index (κ3) is 3.01. The molecular formula is C13H13FN2O. The lowest BCUT2D eigenvalue weighted by molar-refractivity contribution is 0.474. The second-order valence-corrected chi connectivity index (χ2v) is 3.88. The number of hydrogen-bond donors (Lipinski definition) is 2. The summed E-state index contributed by atoms with van der Waals surface area (Å²) in [6, 6.07) is 9.50. The van der Waals surface area contributed by atoms with E-state index in [1.54, 1.807) is 24.3 Å². The van der Waals surface area contributed by atoms with Crippen LogP contribution in [0, 0.1) is 5.82 Å². The second kappa shape index (κ2) is 4.93. The Bertz CT molecular complexity index is 499. The summed E-state index contributed by atoms with van der Waals surface area (Å²) in [6.07, 6.45) is 1.70. The van der Waals surface area contributed by atoms with Gasteiger partial charge in [-0.1, -0.05) is 12.1 Å². The maximum atomic E-state index is 12.7. The molecule has 2 rings (SSSR count). The molecule has 0 fully saturated rings. The summed E-state index contributed by atoms with van der Waals surface area (Å²) in [6.45, 7) is 0. The fourth-order valence-electron chi connectivity index (χ4n) is 1.65. The highest BCUT2D eigenvalue weighted by Crippen LogP contribution is 2.17. The van der Waals surface area contributed by atoms with Crippen LogP contribution in [0.2, 0.25) is 0 Å². The van der Waals surface area contributed by atoms with E-state index in [0.717, 1.165) is 11.8 Å². The minimum Gasteiger partial charge on any atom is -0.508 e. The number of phenols is 1. The van der Waals surface area contributed by atoms with Gasteiger partial charge in [0.05, 0.1) is 17.9 Å². The first-order valence-corrected chi connectivity index (χ1v) is 5.30. The number of nitrogens with two attached hydrogens (primary N) is 1. The number of phenolic OH excluding ortho intramolecular Hbond substituents is 1. The molecule has 3 nitrogen and oxygen atoms in total. The zero-order chi connectivity index (χ0) is 12.3. The Labute approximate surface area is 98.7 Å². The summed E-state index contributed by atoms with van der Waals surface area (Å²) >= 11 is 0. The highest BCUT2D eigenvalue weighted by Gasteiger charge is 2.08. The number of aromatic hydroxyl groups is 1. The maximum absolute atomic E-state index is 12.7. The molecule has 1 aromatic heterocycles. The number of aromatic nitrogens is 1. The minimum atomic E-state index is -0.377. The Morgan fingerprint density at radius 2 is 2.12 bits per heavy atom. The lowest BCUT2D eigenvalue weighted by Crippen LogP contribution is -2.14. The topological polar surface area (TPSA) is 59.1 Å². The molecule has 0 radical (unpaired) electrons. The zero-order valence-electron chi connectivity index (χ0n) is 9.18. The van der Waals surface area contributed by atoms with Crippen LogP contribution in [0.3, 0.4) is 0 Å². The van der Waals surface area contributed by atoms with E-state index in [-0.39, 0.29) is 17.6 Å². The quantitative estimate of drug-likeness (QED) is 0.852. The van der Waals surface area contributed by atoms with Gasteiger partial charge in [0.15, 0.2) is 0 Å². The van der Waals surface area contributed by atoms with E-state index in [0.29, 0.717) is 12.1 Å². The van der Waals surface area contributed by atoms with Gasteiger partial charge in [0.2, 0.25) is 0 Å². The number of hydrogen-bond acceptors (Lipinski definition) is 3. The van der Waals surface area contributed by atoms with Crippen molar-refractivity contribution >= 4 is 0 Å². The number of halogens is 1. The minimum absolute atomic E-state index is 0.210. The van der Waals surface area contributed by atoms with Gasteiger partial charge in [-0.25, -0.2) is 4.39 Å². The van der Waals surface area contributed by atoms with Gasteiger partial charge in [0.1, 0.15) is 11.6 Å². The van der Waals surface area contributed by atoms with Crippen molar-refractivity contribution in [2.75, 3.05) is 0 Å². The van der Waals surface area contributed by atoms with Crippen LogP contribution in [0.5, 0.6) is 5.75 Å². The molecule has 0 saturated heterocycles. The Morgan fingerprint density at radius 1 is 1.29 bits per heavy atom. The summed E-state index contributed by atoms with van der Waals surface area (Å²) in [7, 11) is 0. The first-order chi connectivity index (χ1) is 8.15. The smallest absolute Gasteiger partial charge is 0.141 e. The lowest BCUT2D eigenvalue weighted by atomic mass is 10.0. The molecule has 0 amide bonds. The van der Waals surface area contributed by atoms with Crippen molar-refractivity contribution in [3.63, 3.8) is 0 Å². The summed E-state index contributed by atoms with van der Waals surface area (Å²) < 4.78 is 12.7. The van der Waals surface area contributed by atoms with Crippen molar-refractivity contribution in [1.82, 2.24) is 4.98 Å². The molecule has 1 atom stereocenters. The van der Waals surface area contributed by atoms with E-state index in [4.69, 9.17) is 5.73 Å². The molecule has 1 aromatic carbocycles. The molecule has 0 aliphatic rings. The Kier molecular flexibility index (Phi) is 3.35. The number of rotatable bonds is 3. The van der Waals surface area contributed by atoms with Gasteiger partial charge >= 0.3 is 0 Å². The average Bonchev–Trinajstić information content (AvgIpc) is 2.29. The predicted molar refractivity (Wildman–Crippen MR) is 62.9 cm³/mol. The lowest BCUT2D eigenvalue weighted by Gasteiger charge is -2.11. The Morgan fingerprint density at radius 3 is 2.76 bits per heavy atom. The molecule has 0 spiro atoms. The van der Waals surface area contributed by atoms with Crippen LogP contribution in [0.4, 0.5) is 4.39 Å². The van der Waals surface area contributed by atoms with Gasteiger partial charge in [0.25, 0.3) is 0 Å². The van der Waals surface area contributed by atoms with E-state index in [9.17, 15) is 9.50 Å². The third-order valence-electron chi connectivity index (χ3n) is 2.50. The second-order valence-electron chi connectivity index (χ2n) is 3.88. The van der Waals surface area contributed by atoms with Crippen LogP contribution >= 0.6 is 0 Å². The van der Waals surface area contributed by atoms with Crippen LogP contribution in [0.15, 0.2) is 42.6 Å². The van der Waals surface area contributed by atoms with Gasteiger partial charge < -0.3 is 10.8 Å². The molecule has 0 aliphatic heterocycles. The fourth-order valence-corrected chi connectivity index (χ4v) is 1.65. The van der Waals surface area contributed by atoms with Crippen molar-refractivity contribution in [3.05, 3.63) is 59.7 Å². The van der Waals surface area contributed by atoms with Gasteiger partial charge in [-0.05, 0) is 36.2 Å². The SMILES string of the molecule is NC(Cc1cccc(O)c1)c1ccc(F)cn1. The summed E-state index contributed by atoms with van der Waals surface area (Å²) in [5.41, 5.74) is 7.51. The van der Waals surface area contributed by atoms with E-state index < -0.39 is 0 Å². The molecule has 1 unspecified atom stereocenters. The van der Waals surface area contributed by atoms with Crippen LogP contribution < -0.4 is 5.73 Å². The summed E-state index contributed by atoms with van der Waals surface area (Å²) in [5.74, 6) is -0.167. The summed E-state index contributed by atoms with van der Waals surface area (Å²) in [4.78, 5) is 3.93. The van der Waals surface area contributed by atoms with Gasteiger partial charge in [0, 0.05) is 0 Å². The van der Waals surface area contributed by atoms with Gasteiger partial charge in [-0.3, -0.25) is 4.98 Å². The van der Waals surface area contributed by atoms with Gasteiger partial charge in [-0.15, -0.1) is 0 Å². The van der Waals surface area contributed by atoms with Crippen LogP contribution in [-0.4, -0.2) is 10.1 Å². The zero-order valence-corrected chi connectivity index (χ0v) is 9.18. The highest BCUT2D eigenvalue weighted by molar-refractivity contribution is 5.28. The maximum Gasteiger partial charge on any atom is 0.141 e. The van der Waals surface area contributed by atoms with E-state index in [1.165, 1.54) is 6.07 Å². The standard InChI is InChI=1S/C13H13FN2O/c14-10-4-5-13(16-8-10)12(15)7-9-2-1-3-11(17)6-9/h1-6,8,12,17H,7,15H2. The summed E-state index contributed by atoms with van der Waals surface area (Å²) in [5, 5.41) is 9.33. The monoisotopic (exact) mass is 232 g/mol. The first kappa shape index (κ1) is 11.5. The third-order valence-corrected chi connectivity index (χ3v) is 2.50. The van der Waals surface area contributed by atoms with Crippen molar-refractivity contribution in [2.45, 2.75) is 12.5 Å². The van der Waals surface area contributed by atoms with E-state index >= 15 is 0 Å². The van der Waals surface area contributed by atoms with Crippen molar-refractivity contribution in [1.29, 1.82) is 0 Å². The molecule has 1 heterocycles. The average molecular weight is 232 g/mol. The Balaban J connectivity index is 2.11. The highest BCUT2D eigenvalue weighted by atomic mass is 19.1. The normalized spacial score (nSPS) is 12.4. The molecular weight excluding hydrogens is 219 g/mol. The van der Waals surface area contributed by atoms with Crippen molar-refractivity contribution in [2.24, 2.45) is 5.73 Å². The first-order valence-electron chi connectivity index (χ1n) is 5.30. The van der Waals surface area contributed by atoms with Crippen molar-refractivity contribution in [3.8, 4) is 5.75 Å². The van der Waals surface area contributed by atoms with Crippen molar-refractivity contribution < 1.29 is 9.50 Å². The predicted octanol–water partition coefficient (Wildman–Crippen LogP) is 2.17. The number of benzene rings is 1. The molecule has 4 heteroatoms. The molecule has 0 bridgehead atoms. The molecule has 0 aliphatic carbocycles. The largest absolute Gasteiger partial charge is 0.508 e. The molecule has 3 N–H and O–H groups in total. The fraction of sp³-hybridized carbons (Fsp3) is 0.154. The van der Waals surface area contributed by atoms with E-state index in [2.05, 4.69) is 4.98 Å². The molecule has 2 aromatic rings. The van der Waals surface area contributed by atoms with Crippen LogP contribution in [0.25, 0.3) is 0 Å². The number of pyridine rings is 1. The molecule has 88 valence electrons. The molecule has 0 saturated carbocycles. The Hall–Kier alpha value is -1.94. The van der Waals surface area contributed by atoms with E-state index in [1.807, 2.05) is 6.07 Å².